The SMILES string of the molecule is C=C1[C-]=CC=C1.CC(C)(C)c1[c-][nH]c2cccc(C(C)(C)C)c12.[Cl-].[Cl-].[Zr+4]. The number of fused-ring (bicyclic) bond motifs is 1. The molecule has 0 saturated carbocycles. The maximum atomic E-state index is 3.62. The van der Waals surface area contributed by atoms with Crippen LogP contribution in [0.5, 0.6) is 0 Å². The summed E-state index contributed by atoms with van der Waals surface area (Å²) in [4.78, 5) is 3.28. The molecular formula is C22H27Cl2NZr. The molecule has 1 heterocycles. The van der Waals surface area contributed by atoms with E-state index in [4.69, 9.17) is 0 Å². The Balaban J connectivity index is 0. The fourth-order valence-corrected chi connectivity index (χ4v) is 2.67. The minimum absolute atomic E-state index is 0. The molecule has 0 spiro atoms. The van der Waals surface area contributed by atoms with Gasteiger partial charge in [-0.25, -0.2) is 0 Å². The monoisotopic (exact) mass is 465 g/mol. The quantitative estimate of drug-likeness (QED) is 0.527. The third-order valence-electron chi connectivity index (χ3n) is 3.86. The second kappa shape index (κ2) is 10.7. The number of rotatable bonds is 0. The van der Waals surface area contributed by atoms with Crippen molar-refractivity contribution in [2.45, 2.75) is 52.4 Å². The van der Waals surface area contributed by atoms with Crippen molar-refractivity contribution in [3.8, 4) is 0 Å². The molecule has 1 aromatic heterocycles. The average Bonchev–Trinajstić information content (AvgIpc) is 3.05. The van der Waals surface area contributed by atoms with E-state index >= 15 is 0 Å². The van der Waals surface area contributed by atoms with Gasteiger partial charge in [0, 0.05) is 0 Å². The van der Waals surface area contributed by atoms with E-state index < -0.39 is 0 Å². The van der Waals surface area contributed by atoms with E-state index in [-0.39, 0.29) is 61.8 Å². The molecule has 0 amide bonds. The van der Waals surface area contributed by atoms with E-state index in [1.54, 1.807) is 0 Å². The summed E-state index contributed by atoms with van der Waals surface area (Å²) in [6, 6.07) is 6.50. The van der Waals surface area contributed by atoms with Crippen LogP contribution in [0.25, 0.3) is 10.9 Å². The van der Waals surface area contributed by atoms with Crippen LogP contribution >= 0.6 is 0 Å². The largest absolute Gasteiger partial charge is 4.00 e. The van der Waals surface area contributed by atoms with Crippen LogP contribution in [-0.2, 0) is 37.0 Å². The second-order valence-corrected chi connectivity index (χ2v) is 8.05. The number of halogens is 2. The molecule has 1 aromatic carbocycles. The van der Waals surface area contributed by atoms with Gasteiger partial charge in [0.25, 0.3) is 0 Å². The summed E-state index contributed by atoms with van der Waals surface area (Å²) in [6.07, 6.45) is 11.9. The van der Waals surface area contributed by atoms with Crippen LogP contribution in [0, 0.1) is 12.3 Å². The van der Waals surface area contributed by atoms with Crippen molar-refractivity contribution >= 4 is 10.9 Å². The number of nitrogens with one attached hydrogen (secondary N) is 1. The number of benzene rings is 1. The first-order chi connectivity index (χ1) is 10.6. The molecule has 0 saturated heterocycles. The summed E-state index contributed by atoms with van der Waals surface area (Å²) >= 11 is 0. The number of H-pyrrole nitrogens is 1. The summed E-state index contributed by atoms with van der Waals surface area (Å²) in [5.41, 5.74) is 5.14. The summed E-state index contributed by atoms with van der Waals surface area (Å²) in [7, 11) is 0. The van der Waals surface area contributed by atoms with Gasteiger partial charge in [0.1, 0.15) is 0 Å². The van der Waals surface area contributed by atoms with Gasteiger partial charge < -0.3 is 29.8 Å². The maximum absolute atomic E-state index is 3.62. The van der Waals surface area contributed by atoms with E-state index in [0.29, 0.717) is 0 Å². The molecule has 0 bridgehead atoms. The number of hydrogen-bond acceptors (Lipinski definition) is 0. The molecule has 4 heteroatoms. The first-order valence-corrected chi connectivity index (χ1v) is 8.09. The molecule has 138 valence electrons. The van der Waals surface area contributed by atoms with Crippen LogP contribution in [0.15, 0.2) is 48.6 Å². The Hall–Kier alpha value is -0.557. The molecule has 0 aliphatic heterocycles. The Morgan fingerprint density at radius 3 is 1.96 bits per heavy atom. The second-order valence-electron chi connectivity index (χ2n) is 8.05. The normalized spacial score (nSPS) is 12.6. The molecule has 0 atom stereocenters. The fraction of sp³-hybridized carbons (Fsp3) is 0.364. The molecule has 1 N–H and O–H groups in total. The molecule has 0 fully saturated rings. The standard InChI is InChI=1S/C16H22N.C6H5.2ClH.Zr/c1-15(2,3)11-8-7-9-13-14(11)12(10-17-13)16(4,5)6;1-6-4-2-3-5-6;;;/h7-9,17H,1-6H3;2-4H,1H2;2*1H;/q2*-1;;;+4/p-2. The van der Waals surface area contributed by atoms with Crippen molar-refractivity contribution < 1.29 is 51.0 Å². The van der Waals surface area contributed by atoms with Crippen LogP contribution in [0.4, 0.5) is 0 Å². The van der Waals surface area contributed by atoms with Crippen molar-refractivity contribution in [1.29, 1.82) is 0 Å². The van der Waals surface area contributed by atoms with Gasteiger partial charge in [-0.2, -0.15) is 30.4 Å². The fourth-order valence-electron chi connectivity index (χ4n) is 2.67. The summed E-state index contributed by atoms with van der Waals surface area (Å²) in [5.74, 6) is 0. The van der Waals surface area contributed by atoms with Gasteiger partial charge in [-0.3, -0.25) is 0 Å². The topological polar surface area (TPSA) is 15.8 Å². The van der Waals surface area contributed by atoms with Crippen LogP contribution in [0.2, 0.25) is 0 Å². The number of aromatic amines is 1. The predicted molar refractivity (Wildman–Crippen MR) is 101 cm³/mol. The molecule has 0 radical (unpaired) electrons. The Morgan fingerprint density at radius 1 is 0.962 bits per heavy atom. The van der Waals surface area contributed by atoms with Gasteiger partial charge in [-0.1, -0.05) is 59.2 Å². The van der Waals surface area contributed by atoms with Gasteiger partial charge in [-0.15, -0.1) is 34.8 Å². The number of hydrogen-bond donors (Lipinski definition) is 1. The predicted octanol–water partition coefficient (Wildman–Crippen LogP) is 0.0404. The summed E-state index contributed by atoms with van der Waals surface area (Å²) in [6.45, 7) is 17.1. The van der Waals surface area contributed by atoms with Crippen LogP contribution in [0.1, 0.15) is 52.7 Å². The first kappa shape index (κ1) is 27.7. The van der Waals surface area contributed by atoms with Gasteiger partial charge >= 0.3 is 26.2 Å². The van der Waals surface area contributed by atoms with E-state index in [9.17, 15) is 0 Å². The van der Waals surface area contributed by atoms with Gasteiger partial charge in [0.05, 0.1) is 0 Å². The zero-order valence-electron chi connectivity index (χ0n) is 16.4. The number of allylic oxidation sites excluding steroid dienone is 5. The number of aromatic nitrogens is 1. The molecule has 1 aliphatic rings. The molecule has 3 rings (SSSR count). The average molecular weight is 468 g/mol. The first-order valence-electron chi connectivity index (χ1n) is 8.09. The van der Waals surface area contributed by atoms with Crippen molar-refractivity contribution in [3.05, 3.63) is 72.0 Å². The van der Waals surface area contributed by atoms with E-state index in [0.717, 1.165) is 5.57 Å². The van der Waals surface area contributed by atoms with Gasteiger partial charge in [-0.05, 0) is 10.8 Å². The van der Waals surface area contributed by atoms with Crippen molar-refractivity contribution in [2.75, 3.05) is 0 Å². The molecule has 1 aliphatic carbocycles. The molecule has 0 unspecified atom stereocenters. The minimum atomic E-state index is 0. The van der Waals surface area contributed by atoms with Crippen molar-refractivity contribution in [1.82, 2.24) is 4.98 Å². The Bertz CT molecular complexity index is 758. The Kier molecular flexibility index (Phi) is 11.4. The Morgan fingerprint density at radius 2 is 1.58 bits per heavy atom. The maximum Gasteiger partial charge on any atom is 4.00 e. The minimum Gasteiger partial charge on any atom is -1.00 e. The van der Waals surface area contributed by atoms with E-state index in [1.165, 1.54) is 22.0 Å². The van der Waals surface area contributed by atoms with Gasteiger partial charge in [0.15, 0.2) is 0 Å². The van der Waals surface area contributed by atoms with Crippen LogP contribution in [-0.4, -0.2) is 4.98 Å². The Labute approximate surface area is 190 Å². The molecule has 2 aromatic rings. The van der Waals surface area contributed by atoms with E-state index in [2.05, 4.69) is 83.6 Å². The molecular weight excluding hydrogens is 440 g/mol. The molecule has 1 nitrogen and oxygen atoms in total. The summed E-state index contributed by atoms with van der Waals surface area (Å²) in [5, 5.41) is 1.35. The van der Waals surface area contributed by atoms with Gasteiger partial charge in [0.2, 0.25) is 0 Å². The smallest absolute Gasteiger partial charge is 1.00 e. The zero-order valence-corrected chi connectivity index (χ0v) is 20.4. The van der Waals surface area contributed by atoms with Crippen LogP contribution in [0.3, 0.4) is 0 Å². The van der Waals surface area contributed by atoms with E-state index in [1.807, 2.05) is 18.2 Å². The third kappa shape index (κ3) is 6.88. The van der Waals surface area contributed by atoms with Crippen molar-refractivity contribution in [3.63, 3.8) is 0 Å². The zero-order chi connectivity index (χ0) is 17.3. The summed E-state index contributed by atoms with van der Waals surface area (Å²) < 4.78 is 0. The molecule has 26 heavy (non-hydrogen) atoms. The van der Waals surface area contributed by atoms with Crippen molar-refractivity contribution in [2.24, 2.45) is 0 Å². The van der Waals surface area contributed by atoms with Crippen LogP contribution < -0.4 is 24.8 Å². The third-order valence-corrected chi connectivity index (χ3v) is 3.86.